The molecule has 0 aromatic carbocycles. The third-order valence-electron chi connectivity index (χ3n) is 6.18. The molecule has 2 aliphatic heterocycles. The highest BCUT2D eigenvalue weighted by Gasteiger charge is 2.39. The standard InChI is InChI=1S/C22H33N5O.2ClH/c1-13(2)18-11-17(19-14(3)25-27(20(19)24-18)22(4,5)6)21(28)26-15-7-8-16(26)12-23-10-9-15;;/h11,13,15-16,23H,7-10,12H2,1-6H3;2*1H. The molecular formula is C22H35Cl2N5O. The van der Waals surface area contributed by atoms with Crippen molar-refractivity contribution in [1.29, 1.82) is 0 Å². The van der Waals surface area contributed by atoms with Crippen molar-refractivity contribution in [2.24, 2.45) is 0 Å². The van der Waals surface area contributed by atoms with Crippen molar-refractivity contribution in [2.75, 3.05) is 13.1 Å². The number of pyridine rings is 1. The Morgan fingerprint density at radius 3 is 2.47 bits per heavy atom. The zero-order valence-corrected chi connectivity index (χ0v) is 20.5. The second-order valence-electron chi connectivity index (χ2n) is 9.71. The predicted molar refractivity (Wildman–Crippen MR) is 126 cm³/mol. The summed E-state index contributed by atoms with van der Waals surface area (Å²) in [5, 5.41) is 9.20. The molecule has 168 valence electrons. The number of halogens is 2. The topological polar surface area (TPSA) is 63.1 Å². The van der Waals surface area contributed by atoms with Gasteiger partial charge >= 0.3 is 0 Å². The Morgan fingerprint density at radius 2 is 1.83 bits per heavy atom. The van der Waals surface area contributed by atoms with Crippen LogP contribution in [-0.4, -0.2) is 50.7 Å². The van der Waals surface area contributed by atoms with Gasteiger partial charge in [0.2, 0.25) is 0 Å². The number of amides is 1. The molecule has 0 saturated carbocycles. The van der Waals surface area contributed by atoms with Crippen molar-refractivity contribution < 1.29 is 4.79 Å². The van der Waals surface area contributed by atoms with Gasteiger partial charge < -0.3 is 10.2 Å². The number of carbonyl (C=O) groups is 1. The van der Waals surface area contributed by atoms with E-state index in [0.29, 0.717) is 12.1 Å². The normalized spacial score (nSPS) is 21.4. The third-order valence-corrected chi connectivity index (χ3v) is 6.18. The van der Waals surface area contributed by atoms with Gasteiger partial charge in [0.25, 0.3) is 5.91 Å². The lowest BCUT2D eigenvalue weighted by molar-refractivity contribution is 0.0682. The Kier molecular flexibility index (Phi) is 7.48. The van der Waals surface area contributed by atoms with Crippen LogP contribution in [0.1, 0.15) is 81.5 Å². The number of fused-ring (bicyclic) bond motifs is 3. The number of carbonyl (C=O) groups excluding carboxylic acids is 1. The second-order valence-corrected chi connectivity index (χ2v) is 9.71. The van der Waals surface area contributed by atoms with Crippen molar-refractivity contribution in [1.82, 2.24) is 25.0 Å². The number of aromatic nitrogens is 3. The Morgan fingerprint density at radius 1 is 1.17 bits per heavy atom. The molecule has 0 aliphatic carbocycles. The largest absolute Gasteiger partial charge is 0.331 e. The SMILES string of the molecule is Cc1nn(C(C)(C)C)c2nc(C(C)C)cc(C(=O)N3C4CCNCC3CC4)c12.Cl.Cl. The number of nitrogens with zero attached hydrogens (tertiary/aromatic N) is 4. The summed E-state index contributed by atoms with van der Waals surface area (Å²) in [5.74, 6) is 0.407. The van der Waals surface area contributed by atoms with E-state index in [2.05, 4.69) is 44.8 Å². The van der Waals surface area contributed by atoms with Crippen LogP contribution in [0.15, 0.2) is 6.07 Å². The van der Waals surface area contributed by atoms with E-state index in [1.807, 2.05) is 17.7 Å². The van der Waals surface area contributed by atoms with Gasteiger partial charge in [-0.3, -0.25) is 4.79 Å². The van der Waals surface area contributed by atoms with Crippen LogP contribution in [0.3, 0.4) is 0 Å². The Balaban J connectivity index is 0.00000160. The smallest absolute Gasteiger partial charge is 0.255 e. The number of aryl methyl sites for hydroxylation is 1. The first-order valence-corrected chi connectivity index (χ1v) is 10.6. The molecule has 2 unspecified atom stereocenters. The van der Waals surface area contributed by atoms with Gasteiger partial charge in [0.15, 0.2) is 5.65 Å². The van der Waals surface area contributed by atoms with Crippen LogP contribution in [0.25, 0.3) is 11.0 Å². The van der Waals surface area contributed by atoms with Crippen molar-refractivity contribution in [2.45, 2.75) is 84.3 Å². The van der Waals surface area contributed by atoms with Gasteiger partial charge in [-0.1, -0.05) is 13.8 Å². The monoisotopic (exact) mass is 455 g/mol. The lowest BCUT2D eigenvalue weighted by Gasteiger charge is -2.28. The minimum Gasteiger partial charge on any atom is -0.331 e. The van der Waals surface area contributed by atoms with E-state index in [0.717, 1.165) is 60.3 Å². The highest BCUT2D eigenvalue weighted by molar-refractivity contribution is 6.07. The van der Waals surface area contributed by atoms with Crippen LogP contribution in [-0.2, 0) is 5.54 Å². The molecule has 4 rings (SSSR count). The minimum atomic E-state index is -0.193. The van der Waals surface area contributed by atoms with E-state index in [9.17, 15) is 4.79 Å². The van der Waals surface area contributed by atoms with Crippen LogP contribution in [0, 0.1) is 6.92 Å². The van der Waals surface area contributed by atoms with Gasteiger partial charge in [0, 0.05) is 24.3 Å². The summed E-state index contributed by atoms with van der Waals surface area (Å²) < 4.78 is 1.99. The summed E-state index contributed by atoms with van der Waals surface area (Å²) >= 11 is 0. The third kappa shape index (κ3) is 4.19. The van der Waals surface area contributed by atoms with Gasteiger partial charge in [-0.25, -0.2) is 9.67 Å². The molecule has 1 N–H and O–H groups in total. The fourth-order valence-corrected chi connectivity index (χ4v) is 4.69. The predicted octanol–water partition coefficient (Wildman–Crippen LogP) is 4.43. The van der Waals surface area contributed by atoms with Crippen LogP contribution in [0.2, 0.25) is 0 Å². The Bertz CT molecular complexity index is 904. The fraction of sp³-hybridized carbons (Fsp3) is 0.682. The average molecular weight is 456 g/mol. The van der Waals surface area contributed by atoms with E-state index in [-0.39, 0.29) is 42.2 Å². The molecule has 2 fully saturated rings. The van der Waals surface area contributed by atoms with Crippen LogP contribution < -0.4 is 5.32 Å². The summed E-state index contributed by atoms with van der Waals surface area (Å²) in [6, 6.07) is 2.66. The molecule has 2 aliphatic rings. The van der Waals surface area contributed by atoms with E-state index >= 15 is 0 Å². The minimum absolute atomic E-state index is 0. The lowest BCUT2D eigenvalue weighted by Crippen LogP contribution is -2.42. The summed E-state index contributed by atoms with van der Waals surface area (Å²) in [6.07, 6.45) is 3.24. The zero-order valence-electron chi connectivity index (χ0n) is 18.9. The zero-order chi connectivity index (χ0) is 20.2. The molecular weight excluding hydrogens is 421 g/mol. The van der Waals surface area contributed by atoms with Crippen LogP contribution >= 0.6 is 24.8 Å². The van der Waals surface area contributed by atoms with Gasteiger partial charge in [0.1, 0.15) is 0 Å². The van der Waals surface area contributed by atoms with Crippen molar-refractivity contribution >= 4 is 41.8 Å². The van der Waals surface area contributed by atoms with Crippen molar-refractivity contribution in [3.05, 3.63) is 23.0 Å². The number of nitrogens with one attached hydrogen (secondary N) is 1. The molecule has 0 radical (unpaired) electrons. The Hall–Kier alpha value is -1.37. The molecule has 2 aromatic heterocycles. The van der Waals surface area contributed by atoms with Gasteiger partial charge in [-0.2, -0.15) is 5.10 Å². The van der Waals surface area contributed by atoms with Gasteiger partial charge in [-0.05, 0) is 65.5 Å². The average Bonchev–Trinajstić information content (AvgIpc) is 3.09. The van der Waals surface area contributed by atoms with Crippen LogP contribution in [0.4, 0.5) is 0 Å². The molecule has 1 amide bonds. The fourth-order valence-electron chi connectivity index (χ4n) is 4.69. The van der Waals surface area contributed by atoms with Crippen molar-refractivity contribution in [3.8, 4) is 0 Å². The molecule has 2 bridgehead atoms. The van der Waals surface area contributed by atoms with E-state index in [1.54, 1.807) is 0 Å². The maximum atomic E-state index is 13.8. The first kappa shape index (κ1) is 24.9. The summed E-state index contributed by atoms with van der Waals surface area (Å²) in [4.78, 5) is 20.9. The first-order chi connectivity index (χ1) is 13.2. The molecule has 2 atom stereocenters. The number of hydrogen-bond donors (Lipinski definition) is 1. The molecule has 2 saturated heterocycles. The lowest BCUT2D eigenvalue weighted by atomic mass is 10.0. The molecule has 2 aromatic rings. The molecule has 8 heteroatoms. The van der Waals surface area contributed by atoms with Gasteiger partial charge in [-0.15, -0.1) is 24.8 Å². The molecule has 30 heavy (non-hydrogen) atoms. The quantitative estimate of drug-likeness (QED) is 0.727. The van der Waals surface area contributed by atoms with Crippen molar-refractivity contribution in [3.63, 3.8) is 0 Å². The Labute approximate surface area is 192 Å². The highest BCUT2D eigenvalue weighted by Crippen LogP contribution is 2.34. The molecule has 4 heterocycles. The van der Waals surface area contributed by atoms with Crippen LogP contribution in [0.5, 0.6) is 0 Å². The summed E-state index contributed by atoms with van der Waals surface area (Å²) in [6.45, 7) is 14.5. The maximum Gasteiger partial charge on any atom is 0.255 e. The second kappa shape index (κ2) is 9.01. The van der Waals surface area contributed by atoms with E-state index in [4.69, 9.17) is 10.1 Å². The summed E-state index contributed by atoms with van der Waals surface area (Å²) in [5.41, 5.74) is 3.26. The number of hydrogen-bond acceptors (Lipinski definition) is 4. The maximum absolute atomic E-state index is 13.8. The summed E-state index contributed by atoms with van der Waals surface area (Å²) in [7, 11) is 0. The highest BCUT2D eigenvalue weighted by atomic mass is 35.5. The number of rotatable bonds is 2. The molecule has 0 spiro atoms. The van der Waals surface area contributed by atoms with Gasteiger partial charge in [0.05, 0.1) is 22.2 Å². The first-order valence-electron chi connectivity index (χ1n) is 10.6. The van der Waals surface area contributed by atoms with E-state index < -0.39 is 0 Å². The molecule has 6 nitrogen and oxygen atoms in total. The van der Waals surface area contributed by atoms with E-state index in [1.165, 1.54) is 0 Å².